The number of hydrogen-bond donors (Lipinski definition) is 1. The maximum absolute atomic E-state index is 12.0. The quantitative estimate of drug-likeness (QED) is 0.906. The van der Waals surface area contributed by atoms with Crippen molar-refractivity contribution in [3.05, 3.63) is 23.8 Å². The van der Waals surface area contributed by atoms with Gasteiger partial charge in [-0.3, -0.25) is 4.79 Å². The van der Waals surface area contributed by atoms with Crippen molar-refractivity contribution in [3.8, 4) is 5.75 Å². The van der Waals surface area contributed by atoms with Gasteiger partial charge in [-0.2, -0.15) is 0 Å². The van der Waals surface area contributed by atoms with Gasteiger partial charge in [0.15, 0.2) is 6.10 Å². The summed E-state index contributed by atoms with van der Waals surface area (Å²) in [6.45, 7) is 9.41. The van der Waals surface area contributed by atoms with Crippen LogP contribution in [-0.4, -0.2) is 31.6 Å². The number of likely N-dealkylation sites (N-methyl/N-ethyl adjacent to an activating group) is 1. The molecule has 4 heteroatoms. The van der Waals surface area contributed by atoms with Crippen LogP contribution in [0.3, 0.4) is 0 Å². The molecule has 1 aromatic carbocycles. The number of carbonyl (C=O) groups excluding carboxylic acids is 1. The fourth-order valence-electron chi connectivity index (χ4n) is 2.55. The van der Waals surface area contributed by atoms with Crippen LogP contribution in [0.1, 0.15) is 33.3 Å². The molecule has 0 aliphatic carbocycles. The number of benzene rings is 1. The third-order valence-electron chi connectivity index (χ3n) is 3.78. The first-order valence-electron chi connectivity index (χ1n) is 7.69. The van der Waals surface area contributed by atoms with Crippen LogP contribution in [0.5, 0.6) is 5.75 Å². The summed E-state index contributed by atoms with van der Waals surface area (Å²) in [5.41, 5.74) is 2.09. The number of rotatable bonds is 5. The SMILES string of the molecule is CC(C)CNC(C)Cc1ccc2c(c1)N(C)C(=O)C(C)O2. The molecule has 0 bridgehead atoms. The third-order valence-corrected chi connectivity index (χ3v) is 3.78. The standard InChI is InChI=1S/C17H26N2O2/c1-11(2)10-18-12(3)8-14-6-7-16-15(9-14)19(5)17(20)13(4)21-16/h6-7,9,11-13,18H,8,10H2,1-5H3. The molecule has 2 atom stereocenters. The summed E-state index contributed by atoms with van der Waals surface area (Å²) in [5, 5.41) is 3.53. The minimum atomic E-state index is -0.403. The van der Waals surface area contributed by atoms with Gasteiger partial charge in [0.05, 0.1) is 5.69 Å². The first-order chi connectivity index (χ1) is 9.88. The summed E-state index contributed by atoms with van der Waals surface area (Å²) in [6, 6.07) is 6.53. The Morgan fingerprint density at radius 1 is 1.33 bits per heavy atom. The van der Waals surface area contributed by atoms with Gasteiger partial charge in [-0.25, -0.2) is 0 Å². The Morgan fingerprint density at radius 3 is 2.71 bits per heavy atom. The Labute approximate surface area is 127 Å². The zero-order chi connectivity index (χ0) is 15.6. The molecule has 2 unspecified atom stereocenters. The van der Waals surface area contributed by atoms with Crippen molar-refractivity contribution in [1.29, 1.82) is 0 Å². The van der Waals surface area contributed by atoms with Crippen molar-refractivity contribution in [2.24, 2.45) is 5.92 Å². The van der Waals surface area contributed by atoms with E-state index >= 15 is 0 Å². The molecule has 0 saturated heterocycles. The lowest BCUT2D eigenvalue weighted by Gasteiger charge is -2.30. The zero-order valence-corrected chi connectivity index (χ0v) is 13.6. The van der Waals surface area contributed by atoms with E-state index in [9.17, 15) is 4.79 Å². The molecule has 0 aromatic heterocycles. The second-order valence-corrected chi connectivity index (χ2v) is 6.37. The molecular formula is C17H26N2O2. The highest BCUT2D eigenvalue weighted by Gasteiger charge is 2.28. The van der Waals surface area contributed by atoms with Crippen LogP contribution in [0.15, 0.2) is 18.2 Å². The van der Waals surface area contributed by atoms with E-state index in [0.29, 0.717) is 12.0 Å². The van der Waals surface area contributed by atoms with Crippen LogP contribution in [0.4, 0.5) is 5.69 Å². The van der Waals surface area contributed by atoms with Gasteiger partial charge in [-0.05, 0) is 50.4 Å². The lowest BCUT2D eigenvalue weighted by Crippen LogP contribution is -2.42. The molecule has 4 nitrogen and oxygen atoms in total. The average Bonchev–Trinajstić information content (AvgIpc) is 2.43. The van der Waals surface area contributed by atoms with Gasteiger partial charge in [-0.15, -0.1) is 0 Å². The van der Waals surface area contributed by atoms with E-state index in [0.717, 1.165) is 24.4 Å². The molecule has 2 rings (SSSR count). The van der Waals surface area contributed by atoms with E-state index < -0.39 is 6.10 Å². The van der Waals surface area contributed by atoms with Crippen LogP contribution >= 0.6 is 0 Å². The minimum Gasteiger partial charge on any atom is -0.479 e. The molecule has 1 amide bonds. The second kappa shape index (κ2) is 6.48. The normalized spacial score (nSPS) is 19.4. The zero-order valence-electron chi connectivity index (χ0n) is 13.6. The summed E-state index contributed by atoms with van der Waals surface area (Å²) < 4.78 is 5.65. The van der Waals surface area contributed by atoms with Gasteiger partial charge < -0.3 is 15.0 Å². The number of carbonyl (C=O) groups is 1. The summed E-state index contributed by atoms with van der Waals surface area (Å²) in [5.74, 6) is 1.44. The number of anilines is 1. The van der Waals surface area contributed by atoms with Crippen molar-refractivity contribution in [2.75, 3.05) is 18.5 Å². The second-order valence-electron chi connectivity index (χ2n) is 6.37. The van der Waals surface area contributed by atoms with Crippen LogP contribution in [0.2, 0.25) is 0 Å². The van der Waals surface area contributed by atoms with Crippen LogP contribution in [0, 0.1) is 5.92 Å². The molecule has 116 valence electrons. The van der Waals surface area contributed by atoms with Gasteiger partial charge in [-0.1, -0.05) is 19.9 Å². The van der Waals surface area contributed by atoms with E-state index in [-0.39, 0.29) is 5.91 Å². The first kappa shape index (κ1) is 15.8. The number of hydrogen-bond acceptors (Lipinski definition) is 3. The van der Waals surface area contributed by atoms with Crippen LogP contribution < -0.4 is 15.0 Å². The molecule has 1 heterocycles. The number of fused-ring (bicyclic) bond motifs is 1. The Morgan fingerprint density at radius 2 is 2.05 bits per heavy atom. The average molecular weight is 290 g/mol. The third kappa shape index (κ3) is 3.76. The lowest BCUT2D eigenvalue weighted by atomic mass is 10.0. The van der Waals surface area contributed by atoms with Gasteiger partial charge in [0.2, 0.25) is 0 Å². The molecule has 0 fully saturated rings. The Kier molecular flexibility index (Phi) is 4.88. The first-order valence-corrected chi connectivity index (χ1v) is 7.69. The van der Waals surface area contributed by atoms with Crippen LogP contribution in [-0.2, 0) is 11.2 Å². The van der Waals surface area contributed by atoms with E-state index in [1.807, 2.05) is 13.1 Å². The monoisotopic (exact) mass is 290 g/mol. The Hall–Kier alpha value is -1.55. The number of amides is 1. The fraction of sp³-hybridized carbons (Fsp3) is 0.588. The Balaban J connectivity index is 2.09. The smallest absolute Gasteiger partial charge is 0.267 e. The molecule has 1 aliphatic rings. The van der Waals surface area contributed by atoms with E-state index in [4.69, 9.17) is 4.74 Å². The van der Waals surface area contributed by atoms with Gasteiger partial charge in [0.1, 0.15) is 5.75 Å². The predicted octanol–water partition coefficient (Wildman–Crippen LogP) is 2.61. The van der Waals surface area contributed by atoms with Crippen molar-refractivity contribution >= 4 is 11.6 Å². The molecule has 21 heavy (non-hydrogen) atoms. The molecule has 1 aromatic rings. The maximum Gasteiger partial charge on any atom is 0.267 e. The number of nitrogens with one attached hydrogen (secondary N) is 1. The highest BCUT2D eigenvalue weighted by Crippen LogP contribution is 2.34. The summed E-state index contributed by atoms with van der Waals surface area (Å²) in [6.07, 6.45) is 0.539. The predicted molar refractivity (Wildman–Crippen MR) is 85.9 cm³/mol. The summed E-state index contributed by atoms with van der Waals surface area (Å²) >= 11 is 0. The highest BCUT2D eigenvalue weighted by molar-refractivity contribution is 5.99. The van der Waals surface area contributed by atoms with Crippen molar-refractivity contribution < 1.29 is 9.53 Å². The largest absolute Gasteiger partial charge is 0.479 e. The molecule has 1 N–H and O–H groups in total. The van der Waals surface area contributed by atoms with E-state index in [1.165, 1.54) is 5.56 Å². The van der Waals surface area contributed by atoms with Crippen molar-refractivity contribution in [2.45, 2.75) is 46.3 Å². The Bertz CT molecular complexity index is 514. The highest BCUT2D eigenvalue weighted by atomic mass is 16.5. The molecular weight excluding hydrogens is 264 g/mol. The number of ether oxygens (including phenoxy) is 1. The molecule has 1 aliphatic heterocycles. The number of nitrogens with zero attached hydrogens (tertiary/aromatic N) is 1. The van der Waals surface area contributed by atoms with Gasteiger partial charge >= 0.3 is 0 Å². The minimum absolute atomic E-state index is 0.00521. The molecule has 0 spiro atoms. The van der Waals surface area contributed by atoms with Crippen LogP contribution in [0.25, 0.3) is 0 Å². The van der Waals surface area contributed by atoms with E-state index in [2.05, 4.69) is 38.2 Å². The summed E-state index contributed by atoms with van der Waals surface area (Å²) in [7, 11) is 1.81. The molecule has 0 saturated carbocycles. The van der Waals surface area contributed by atoms with Gasteiger partial charge in [0, 0.05) is 13.1 Å². The van der Waals surface area contributed by atoms with Gasteiger partial charge in [0.25, 0.3) is 5.91 Å². The maximum atomic E-state index is 12.0. The molecule has 0 radical (unpaired) electrons. The van der Waals surface area contributed by atoms with Crippen molar-refractivity contribution in [1.82, 2.24) is 5.32 Å². The van der Waals surface area contributed by atoms with Crippen molar-refractivity contribution in [3.63, 3.8) is 0 Å². The lowest BCUT2D eigenvalue weighted by molar-refractivity contribution is -0.125. The summed E-state index contributed by atoms with van der Waals surface area (Å²) in [4.78, 5) is 13.7. The fourth-order valence-corrected chi connectivity index (χ4v) is 2.55. The van der Waals surface area contributed by atoms with E-state index in [1.54, 1.807) is 11.8 Å². The topological polar surface area (TPSA) is 41.6 Å².